The third-order valence-corrected chi connectivity index (χ3v) is 3.04. The predicted octanol–water partition coefficient (Wildman–Crippen LogP) is 2.76. The number of rotatable bonds is 5. The number of benzene rings is 1. The van der Waals surface area contributed by atoms with Gasteiger partial charge in [0, 0.05) is 0 Å². The SMILES string of the molecule is COC(=O)[C@@H](c1ccc(F)cc1)N(C)Cc1ccco1. The maximum atomic E-state index is 13.0. The second-order valence-corrected chi connectivity index (χ2v) is 4.47. The van der Waals surface area contributed by atoms with Crippen LogP contribution in [0.4, 0.5) is 4.39 Å². The van der Waals surface area contributed by atoms with Gasteiger partial charge < -0.3 is 9.15 Å². The summed E-state index contributed by atoms with van der Waals surface area (Å²) in [6.45, 7) is 0.449. The van der Waals surface area contributed by atoms with Gasteiger partial charge in [-0.15, -0.1) is 0 Å². The van der Waals surface area contributed by atoms with Crippen molar-refractivity contribution >= 4 is 5.97 Å². The molecule has 0 spiro atoms. The third kappa shape index (κ3) is 3.24. The van der Waals surface area contributed by atoms with Crippen molar-refractivity contribution in [2.45, 2.75) is 12.6 Å². The van der Waals surface area contributed by atoms with E-state index in [4.69, 9.17) is 9.15 Å². The Morgan fingerprint density at radius 2 is 2.05 bits per heavy atom. The van der Waals surface area contributed by atoms with Crippen molar-refractivity contribution in [1.29, 1.82) is 0 Å². The molecule has 5 heteroatoms. The van der Waals surface area contributed by atoms with E-state index in [0.717, 1.165) is 5.76 Å². The van der Waals surface area contributed by atoms with E-state index in [1.54, 1.807) is 36.4 Å². The standard InChI is InChI=1S/C15H16FNO3/c1-17(10-13-4-3-9-20-13)14(15(18)19-2)11-5-7-12(16)8-6-11/h3-9,14H,10H2,1-2H3/t14-/m1/s1. The Morgan fingerprint density at radius 1 is 1.35 bits per heavy atom. The monoisotopic (exact) mass is 277 g/mol. The lowest BCUT2D eigenvalue weighted by molar-refractivity contribution is -0.147. The van der Waals surface area contributed by atoms with Gasteiger partial charge in [0.1, 0.15) is 17.6 Å². The fourth-order valence-electron chi connectivity index (χ4n) is 2.07. The van der Waals surface area contributed by atoms with Gasteiger partial charge in [-0.2, -0.15) is 0 Å². The Labute approximate surface area is 116 Å². The van der Waals surface area contributed by atoms with Gasteiger partial charge in [0.15, 0.2) is 0 Å². The molecule has 0 saturated heterocycles. The fourth-order valence-corrected chi connectivity index (χ4v) is 2.07. The van der Waals surface area contributed by atoms with Crippen LogP contribution in [0.5, 0.6) is 0 Å². The van der Waals surface area contributed by atoms with Crippen LogP contribution in [0.2, 0.25) is 0 Å². The maximum absolute atomic E-state index is 13.0. The molecule has 0 saturated carbocycles. The minimum Gasteiger partial charge on any atom is -0.468 e. The van der Waals surface area contributed by atoms with Gasteiger partial charge in [-0.3, -0.25) is 4.90 Å². The molecule has 4 nitrogen and oxygen atoms in total. The van der Waals surface area contributed by atoms with E-state index in [9.17, 15) is 9.18 Å². The zero-order chi connectivity index (χ0) is 14.5. The quantitative estimate of drug-likeness (QED) is 0.788. The van der Waals surface area contributed by atoms with Crippen LogP contribution < -0.4 is 0 Å². The number of methoxy groups -OCH3 is 1. The van der Waals surface area contributed by atoms with E-state index in [0.29, 0.717) is 12.1 Å². The highest BCUT2D eigenvalue weighted by atomic mass is 19.1. The number of hydrogen-bond donors (Lipinski definition) is 0. The molecule has 1 aromatic carbocycles. The van der Waals surface area contributed by atoms with Crippen LogP contribution >= 0.6 is 0 Å². The molecule has 0 aliphatic rings. The maximum Gasteiger partial charge on any atom is 0.327 e. The number of likely N-dealkylation sites (N-methyl/N-ethyl adjacent to an activating group) is 1. The van der Waals surface area contributed by atoms with E-state index in [2.05, 4.69) is 0 Å². The van der Waals surface area contributed by atoms with Gasteiger partial charge in [0.2, 0.25) is 0 Å². The Morgan fingerprint density at radius 3 is 2.60 bits per heavy atom. The summed E-state index contributed by atoms with van der Waals surface area (Å²) in [4.78, 5) is 13.8. The smallest absolute Gasteiger partial charge is 0.327 e. The second-order valence-electron chi connectivity index (χ2n) is 4.47. The van der Waals surface area contributed by atoms with Crippen LogP contribution in [0.3, 0.4) is 0 Å². The summed E-state index contributed by atoms with van der Waals surface area (Å²) in [6, 6.07) is 8.82. The second kappa shape index (κ2) is 6.34. The van der Waals surface area contributed by atoms with Crippen molar-refractivity contribution in [3.8, 4) is 0 Å². The molecule has 1 atom stereocenters. The van der Waals surface area contributed by atoms with Crippen LogP contribution in [0.1, 0.15) is 17.4 Å². The predicted molar refractivity (Wildman–Crippen MR) is 71.3 cm³/mol. The van der Waals surface area contributed by atoms with Gasteiger partial charge >= 0.3 is 5.97 Å². The average Bonchev–Trinajstić information content (AvgIpc) is 2.94. The number of furan rings is 1. The van der Waals surface area contributed by atoms with Crippen molar-refractivity contribution in [2.75, 3.05) is 14.2 Å². The lowest BCUT2D eigenvalue weighted by Gasteiger charge is -2.25. The van der Waals surface area contributed by atoms with Gasteiger partial charge in [0.05, 0.1) is 19.9 Å². The number of carbonyl (C=O) groups excluding carboxylic acids is 1. The molecule has 0 fully saturated rings. The zero-order valence-corrected chi connectivity index (χ0v) is 11.4. The summed E-state index contributed by atoms with van der Waals surface area (Å²) >= 11 is 0. The molecule has 0 radical (unpaired) electrons. The summed E-state index contributed by atoms with van der Waals surface area (Å²) in [5.74, 6) is 0.000215. The highest BCUT2D eigenvalue weighted by Gasteiger charge is 2.26. The summed E-state index contributed by atoms with van der Waals surface area (Å²) in [5.41, 5.74) is 0.673. The molecule has 20 heavy (non-hydrogen) atoms. The van der Waals surface area contributed by atoms with Crippen molar-refractivity contribution in [3.05, 3.63) is 59.8 Å². The number of hydrogen-bond acceptors (Lipinski definition) is 4. The van der Waals surface area contributed by atoms with Crippen LogP contribution in [-0.2, 0) is 16.1 Å². The molecule has 0 N–H and O–H groups in total. The molecule has 0 bridgehead atoms. The van der Waals surface area contributed by atoms with Crippen molar-refractivity contribution in [2.24, 2.45) is 0 Å². The van der Waals surface area contributed by atoms with Gasteiger partial charge in [-0.1, -0.05) is 12.1 Å². The number of ether oxygens (including phenoxy) is 1. The van der Waals surface area contributed by atoms with E-state index in [1.807, 2.05) is 6.07 Å². The lowest BCUT2D eigenvalue weighted by Crippen LogP contribution is -2.31. The molecule has 1 heterocycles. The molecule has 0 unspecified atom stereocenters. The van der Waals surface area contributed by atoms with Crippen LogP contribution in [0.15, 0.2) is 47.1 Å². The largest absolute Gasteiger partial charge is 0.468 e. The Hall–Kier alpha value is -2.14. The summed E-state index contributed by atoms with van der Waals surface area (Å²) in [5, 5.41) is 0. The third-order valence-electron chi connectivity index (χ3n) is 3.04. The van der Waals surface area contributed by atoms with Gasteiger partial charge in [-0.05, 0) is 36.9 Å². The zero-order valence-electron chi connectivity index (χ0n) is 11.4. The Kier molecular flexibility index (Phi) is 4.53. The average molecular weight is 277 g/mol. The fraction of sp³-hybridized carbons (Fsp3) is 0.267. The van der Waals surface area contributed by atoms with Gasteiger partial charge in [0.25, 0.3) is 0 Å². The topological polar surface area (TPSA) is 42.7 Å². The summed E-state index contributed by atoms with van der Waals surface area (Å²) in [7, 11) is 3.12. The first-order chi connectivity index (χ1) is 9.61. The Balaban J connectivity index is 2.22. The molecule has 0 amide bonds. The molecule has 1 aromatic heterocycles. The number of carbonyl (C=O) groups is 1. The highest BCUT2D eigenvalue weighted by molar-refractivity contribution is 5.77. The molecule has 106 valence electrons. The van der Waals surface area contributed by atoms with Gasteiger partial charge in [-0.25, -0.2) is 9.18 Å². The summed E-state index contributed by atoms with van der Waals surface area (Å²) < 4.78 is 23.1. The Bertz CT molecular complexity index is 551. The lowest BCUT2D eigenvalue weighted by atomic mass is 10.1. The van der Waals surface area contributed by atoms with E-state index in [-0.39, 0.29) is 5.82 Å². The van der Waals surface area contributed by atoms with E-state index < -0.39 is 12.0 Å². The van der Waals surface area contributed by atoms with E-state index in [1.165, 1.54) is 19.2 Å². The van der Waals surface area contributed by atoms with Crippen molar-refractivity contribution in [1.82, 2.24) is 4.90 Å². The molecule has 2 rings (SSSR count). The molecule has 0 aliphatic heterocycles. The normalized spacial score (nSPS) is 12.4. The molecular formula is C15H16FNO3. The number of halogens is 1. The molecule has 2 aromatic rings. The minimum absolute atomic E-state index is 0.342. The molecular weight excluding hydrogens is 261 g/mol. The van der Waals surface area contributed by atoms with Crippen LogP contribution in [0, 0.1) is 5.82 Å². The van der Waals surface area contributed by atoms with Crippen molar-refractivity contribution < 1.29 is 18.3 Å². The van der Waals surface area contributed by atoms with Crippen LogP contribution in [-0.4, -0.2) is 25.0 Å². The van der Waals surface area contributed by atoms with Crippen LogP contribution in [0.25, 0.3) is 0 Å². The first-order valence-electron chi connectivity index (χ1n) is 6.17. The van der Waals surface area contributed by atoms with E-state index >= 15 is 0 Å². The molecule has 0 aliphatic carbocycles. The first kappa shape index (κ1) is 14.3. The summed E-state index contributed by atoms with van der Waals surface area (Å²) in [6.07, 6.45) is 1.58. The highest BCUT2D eigenvalue weighted by Crippen LogP contribution is 2.23. The first-order valence-corrected chi connectivity index (χ1v) is 6.17. The number of nitrogens with zero attached hydrogens (tertiary/aromatic N) is 1. The van der Waals surface area contributed by atoms with Crippen molar-refractivity contribution in [3.63, 3.8) is 0 Å². The number of esters is 1. The minimum atomic E-state index is -0.606.